The van der Waals surface area contributed by atoms with Crippen LogP contribution in [0.3, 0.4) is 0 Å². The van der Waals surface area contributed by atoms with Crippen LogP contribution in [0.15, 0.2) is 122 Å². The van der Waals surface area contributed by atoms with E-state index in [1.54, 1.807) is 0 Å². The molecule has 0 aromatic heterocycles. The smallest absolute Gasteiger partial charge is 0.462 e. The molecule has 0 aliphatic carbocycles. The molecule has 0 aliphatic heterocycles. The Morgan fingerprint density at radius 2 is 0.692 bits per heavy atom. The van der Waals surface area contributed by atoms with Gasteiger partial charge in [0, 0.05) is 12.8 Å². The van der Waals surface area contributed by atoms with Gasteiger partial charge in [-0.1, -0.05) is 251 Å². The van der Waals surface area contributed by atoms with Crippen LogP contribution < -0.4 is 0 Å². The van der Waals surface area contributed by atoms with Crippen LogP contribution >= 0.6 is 7.82 Å². The molecule has 446 valence electrons. The molecule has 0 spiro atoms. The van der Waals surface area contributed by atoms with E-state index >= 15 is 0 Å². The number of phosphoric acid groups is 1. The Labute approximate surface area is 479 Å². The molecule has 0 radical (unpaired) electrons. The number of carbonyl (C=O) groups is 2. The van der Waals surface area contributed by atoms with Crippen molar-refractivity contribution in [1.29, 1.82) is 0 Å². The van der Waals surface area contributed by atoms with E-state index in [4.69, 9.17) is 18.5 Å². The number of carbonyl (C=O) groups excluding carboxylic acids is 2. The molecule has 0 aromatic rings. The van der Waals surface area contributed by atoms with Crippen molar-refractivity contribution in [1.82, 2.24) is 0 Å². The van der Waals surface area contributed by atoms with E-state index < -0.39 is 26.5 Å². The highest BCUT2D eigenvalue weighted by molar-refractivity contribution is 7.47. The van der Waals surface area contributed by atoms with Gasteiger partial charge in [-0.15, -0.1) is 0 Å². The van der Waals surface area contributed by atoms with Gasteiger partial charge in [-0.05, 0) is 103 Å². The molecule has 1 N–H and O–H groups in total. The summed E-state index contributed by atoms with van der Waals surface area (Å²) >= 11 is 0. The average molecular weight is 1110 g/mol. The molecule has 0 fully saturated rings. The van der Waals surface area contributed by atoms with E-state index in [0.717, 1.165) is 116 Å². The summed E-state index contributed by atoms with van der Waals surface area (Å²) in [6.45, 7) is 4.19. The summed E-state index contributed by atoms with van der Waals surface area (Å²) in [6, 6.07) is 0. The Kier molecular flexibility index (Phi) is 55.4. The van der Waals surface area contributed by atoms with Crippen molar-refractivity contribution in [2.45, 2.75) is 251 Å². The van der Waals surface area contributed by atoms with Gasteiger partial charge in [0.25, 0.3) is 0 Å². The maximum Gasteiger partial charge on any atom is 0.472 e. The molecule has 0 rings (SSSR count). The molecule has 0 aromatic carbocycles. The minimum Gasteiger partial charge on any atom is -0.462 e. The first-order valence-electron chi connectivity index (χ1n) is 31.3. The van der Waals surface area contributed by atoms with Gasteiger partial charge >= 0.3 is 19.8 Å². The molecule has 9 nitrogen and oxygen atoms in total. The van der Waals surface area contributed by atoms with Crippen LogP contribution in [0.25, 0.3) is 0 Å². The maximum absolute atomic E-state index is 12.8. The van der Waals surface area contributed by atoms with Gasteiger partial charge in [-0.3, -0.25) is 18.6 Å². The molecular weight excluding hydrogens is 990 g/mol. The Hall–Kier alpha value is -3.59. The number of likely N-dealkylation sites (N-methyl/N-ethyl adjacent to an activating group) is 1. The van der Waals surface area contributed by atoms with Gasteiger partial charge < -0.3 is 18.9 Å². The molecule has 0 amide bonds. The van der Waals surface area contributed by atoms with Crippen molar-refractivity contribution in [3.8, 4) is 0 Å². The van der Waals surface area contributed by atoms with Crippen LogP contribution in [0, 0.1) is 0 Å². The summed E-state index contributed by atoms with van der Waals surface area (Å²) in [5.41, 5.74) is 0. The van der Waals surface area contributed by atoms with Crippen LogP contribution in [-0.2, 0) is 32.7 Å². The monoisotopic (exact) mass is 1110 g/mol. The number of nitrogens with zero attached hydrogens (tertiary/aromatic N) is 1. The number of hydrogen-bond donors (Lipinski definition) is 1. The number of allylic oxidation sites excluding steroid dienone is 20. The summed E-state index contributed by atoms with van der Waals surface area (Å²) in [6.07, 6.45) is 82.8. The fourth-order valence-corrected chi connectivity index (χ4v) is 8.99. The Morgan fingerprint density at radius 1 is 0.397 bits per heavy atom. The maximum atomic E-state index is 12.8. The quantitative estimate of drug-likeness (QED) is 0.0211. The lowest BCUT2D eigenvalue weighted by molar-refractivity contribution is -0.870. The summed E-state index contributed by atoms with van der Waals surface area (Å²) in [5.74, 6) is -0.821. The van der Waals surface area contributed by atoms with E-state index in [1.807, 2.05) is 21.1 Å². The minimum absolute atomic E-state index is 0.0232. The molecular formula is C68H117NO8P+. The molecule has 0 bridgehead atoms. The van der Waals surface area contributed by atoms with Crippen molar-refractivity contribution >= 4 is 19.8 Å². The van der Waals surface area contributed by atoms with Crippen LogP contribution in [0.1, 0.15) is 245 Å². The lowest BCUT2D eigenvalue weighted by atomic mass is 10.0. The Morgan fingerprint density at radius 3 is 1.03 bits per heavy atom. The Bertz CT molecular complexity index is 1730. The second-order valence-electron chi connectivity index (χ2n) is 21.7. The first-order chi connectivity index (χ1) is 38.0. The number of hydrogen-bond acceptors (Lipinski definition) is 7. The number of phosphoric ester groups is 1. The zero-order valence-electron chi connectivity index (χ0n) is 50.6. The molecule has 2 atom stereocenters. The van der Waals surface area contributed by atoms with Gasteiger partial charge in [0.1, 0.15) is 19.8 Å². The van der Waals surface area contributed by atoms with E-state index in [-0.39, 0.29) is 32.0 Å². The highest BCUT2D eigenvalue weighted by atomic mass is 31.2. The zero-order chi connectivity index (χ0) is 57.0. The second kappa shape index (κ2) is 58.1. The molecule has 0 heterocycles. The summed E-state index contributed by atoms with van der Waals surface area (Å²) < 4.78 is 34.6. The van der Waals surface area contributed by atoms with Gasteiger partial charge in [0.15, 0.2) is 6.10 Å². The standard InChI is InChI=1S/C68H116NO8P/c1-6-8-10-12-14-16-18-20-22-24-26-28-29-30-31-32-33-34-35-36-37-38-39-41-43-45-47-49-51-53-55-57-59-61-68(71)77-66(65-76-78(72,73)75-63-62-69(3,4)5)64-74-67(70)60-58-56-54-52-50-48-46-44-42-40-27-25-23-21-19-17-15-13-11-9-7-2/h8-11,14-17,20-23,26-28,30-31,40,44,46,66H,6-7,12-13,18-19,24-25,29,32-39,41-43,45,47-65H2,1-5H3/p+1/b10-8-,11-9-,16-14-,17-15-,22-20-,23-21-,28-26-,31-30-,40-27-,46-44-. The molecule has 2 unspecified atom stereocenters. The third kappa shape index (κ3) is 61.6. The fraction of sp³-hybridized carbons (Fsp3) is 0.676. The third-order valence-corrected chi connectivity index (χ3v) is 14.0. The normalized spacial score (nSPS) is 14.1. The van der Waals surface area contributed by atoms with E-state index in [1.165, 1.54) is 89.9 Å². The van der Waals surface area contributed by atoms with Gasteiger partial charge in [-0.2, -0.15) is 0 Å². The molecule has 0 saturated carbocycles. The number of rotatable bonds is 56. The van der Waals surface area contributed by atoms with Gasteiger partial charge in [0.05, 0.1) is 27.7 Å². The minimum atomic E-state index is -4.40. The SMILES string of the molecule is CC/C=C\C/C=C\C/C=C\C/C=C\C/C=C\CCCCCCCCCCCCCCCCCCCC(=O)OC(COC(=O)CCCCCCC/C=C\C/C=C\C/C=C\C/C=C\C/C=C\CC)COP(=O)(O)OCC[N+](C)(C)C. The summed E-state index contributed by atoms with van der Waals surface area (Å²) in [5, 5.41) is 0. The van der Waals surface area contributed by atoms with Crippen LogP contribution in [0.4, 0.5) is 0 Å². The van der Waals surface area contributed by atoms with E-state index in [9.17, 15) is 19.0 Å². The average Bonchev–Trinajstić information content (AvgIpc) is 3.41. The van der Waals surface area contributed by atoms with Crippen molar-refractivity contribution in [3.63, 3.8) is 0 Å². The summed E-state index contributed by atoms with van der Waals surface area (Å²) in [4.78, 5) is 35.8. The van der Waals surface area contributed by atoms with Crippen molar-refractivity contribution in [2.24, 2.45) is 0 Å². The van der Waals surface area contributed by atoms with E-state index in [0.29, 0.717) is 23.9 Å². The Balaban J connectivity index is 4.12. The lowest BCUT2D eigenvalue weighted by Gasteiger charge is -2.24. The number of quaternary nitrogens is 1. The predicted octanol–water partition coefficient (Wildman–Crippen LogP) is 19.9. The second-order valence-corrected chi connectivity index (χ2v) is 23.1. The van der Waals surface area contributed by atoms with Crippen LogP contribution in [0.2, 0.25) is 0 Å². The van der Waals surface area contributed by atoms with Gasteiger partial charge in [0.2, 0.25) is 0 Å². The van der Waals surface area contributed by atoms with Crippen molar-refractivity contribution < 1.29 is 42.1 Å². The lowest BCUT2D eigenvalue weighted by Crippen LogP contribution is -2.37. The van der Waals surface area contributed by atoms with Crippen molar-refractivity contribution in [2.75, 3.05) is 47.5 Å². The van der Waals surface area contributed by atoms with E-state index in [2.05, 4.69) is 135 Å². The first kappa shape index (κ1) is 74.4. The number of esters is 2. The molecule has 0 aliphatic rings. The first-order valence-corrected chi connectivity index (χ1v) is 32.8. The number of unbranched alkanes of at least 4 members (excludes halogenated alkanes) is 22. The largest absolute Gasteiger partial charge is 0.472 e. The fourth-order valence-electron chi connectivity index (χ4n) is 8.25. The highest BCUT2D eigenvalue weighted by Gasteiger charge is 2.27. The third-order valence-electron chi connectivity index (χ3n) is 13.0. The van der Waals surface area contributed by atoms with Gasteiger partial charge in [-0.25, -0.2) is 4.57 Å². The predicted molar refractivity (Wildman–Crippen MR) is 334 cm³/mol. The molecule has 78 heavy (non-hydrogen) atoms. The van der Waals surface area contributed by atoms with Crippen LogP contribution in [0.5, 0.6) is 0 Å². The zero-order valence-corrected chi connectivity index (χ0v) is 51.5. The van der Waals surface area contributed by atoms with Crippen molar-refractivity contribution in [3.05, 3.63) is 122 Å². The topological polar surface area (TPSA) is 108 Å². The summed E-state index contributed by atoms with van der Waals surface area (Å²) in [7, 11) is 1.46. The van der Waals surface area contributed by atoms with Crippen LogP contribution in [-0.4, -0.2) is 74.9 Å². The molecule has 0 saturated heterocycles. The number of ether oxygens (including phenoxy) is 2. The molecule has 10 heteroatoms. The highest BCUT2D eigenvalue weighted by Crippen LogP contribution is 2.43.